The van der Waals surface area contributed by atoms with Gasteiger partial charge < -0.3 is 14.2 Å². The Kier molecular flexibility index (Phi) is 61.4. The standard InChI is InChI=1S/C73H116O6/c1-4-7-10-13-16-19-22-24-26-28-30-32-33-34-35-36-37-38-39-41-42-44-46-48-51-54-57-60-63-66-72(75)78-69-70(68-77-71(74)65-62-59-56-53-50-21-18-15-12-9-6-3)79-73(76)67-64-61-58-55-52-49-47-45-43-40-31-29-27-25-23-20-17-14-11-8-5-2/h7-8,10-11,15-20,24-27,30-32,34-35,37-38,40-42,45,47,70H,4-6,9,12-14,21-23,28-29,33,36,39,43-44,46,48-69H2,1-3H3/b10-7-,11-8-,18-15-,19-16-,20-17-,26-24-,27-25-,32-30-,35-34-,38-37-,40-31-,42-41-,47-45-. The predicted molar refractivity (Wildman–Crippen MR) is 343 cm³/mol. The van der Waals surface area contributed by atoms with E-state index in [2.05, 4.69) is 179 Å². The van der Waals surface area contributed by atoms with Gasteiger partial charge in [-0.05, 0) is 141 Å². The lowest BCUT2D eigenvalue weighted by Crippen LogP contribution is -2.30. The van der Waals surface area contributed by atoms with Crippen LogP contribution in [0.4, 0.5) is 0 Å². The minimum absolute atomic E-state index is 0.0999. The quantitative estimate of drug-likeness (QED) is 0.0261. The van der Waals surface area contributed by atoms with Crippen LogP contribution < -0.4 is 0 Å². The molecular formula is C73H116O6. The van der Waals surface area contributed by atoms with E-state index in [0.29, 0.717) is 19.3 Å². The Morgan fingerprint density at radius 1 is 0.266 bits per heavy atom. The number of hydrogen-bond donors (Lipinski definition) is 0. The highest BCUT2D eigenvalue weighted by atomic mass is 16.6. The van der Waals surface area contributed by atoms with Crippen molar-refractivity contribution >= 4 is 17.9 Å². The second kappa shape index (κ2) is 65.5. The van der Waals surface area contributed by atoms with Crippen LogP contribution in [0.3, 0.4) is 0 Å². The van der Waals surface area contributed by atoms with Gasteiger partial charge in [-0.2, -0.15) is 0 Å². The van der Waals surface area contributed by atoms with E-state index >= 15 is 0 Å². The molecule has 0 aromatic rings. The first-order chi connectivity index (χ1) is 39.0. The first kappa shape index (κ1) is 74.0. The lowest BCUT2D eigenvalue weighted by molar-refractivity contribution is -0.167. The maximum Gasteiger partial charge on any atom is 0.306 e. The van der Waals surface area contributed by atoms with Crippen LogP contribution in [0.15, 0.2) is 158 Å². The van der Waals surface area contributed by atoms with Crippen molar-refractivity contribution in [3.63, 3.8) is 0 Å². The SMILES string of the molecule is CC/C=C\C/C=C\C/C=C\C/C=C\C/C=C\C/C=C\C/C=C\CCCCCCCCCC(=O)OCC(COC(=O)CCCCCCC/C=C\CCCC)OC(=O)CCCCCCC/C=C\C/C=C\C/C=C\C/C=C\C/C=C\CC. The van der Waals surface area contributed by atoms with Gasteiger partial charge in [-0.3, -0.25) is 14.4 Å². The molecule has 1 atom stereocenters. The average molecular weight is 1090 g/mol. The molecule has 0 heterocycles. The van der Waals surface area contributed by atoms with Gasteiger partial charge >= 0.3 is 17.9 Å². The van der Waals surface area contributed by atoms with E-state index < -0.39 is 6.10 Å². The summed E-state index contributed by atoms with van der Waals surface area (Å²) in [5.74, 6) is -0.943. The van der Waals surface area contributed by atoms with Crippen LogP contribution in [0.2, 0.25) is 0 Å². The molecule has 1 unspecified atom stereocenters. The normalized spacial score (nSPS) is 13.2. The zero-order valence-corrected chi connectivity index (χ0v) is 50.8. The number of carbonyl (C=O) groups is 3. The van der Waals surface area contributed by atoms with Crippen molar-refractivity contribution in [2.45, 2.75) is 271 Å². The van der Waals surface area contributed by atoms with Gasteiger partial charge in [-0.25, -0.2) is 0 Å². The number of allylic oxidation sites excluding steroid dienone is 26. The molecule has 0 spiro atoms. The number of carbonyl (C=O) groups excluding carboxylic acids is 3. The Labute approximate surface area is 486 Å². The summed E-state index contributed by atoms with van der Waals surface area (Å²) in [6.07, 6.45) is 95.3. The Hall–Kier alpha value is -4.97. The summed E-state index contributed by atoms with van der Waals surface area (Å²) in [7, 11) is 0. The molecule has 6 heteroatoms. The van der Waals surface area contributed by atoms with Gasteiger partial charge in [0.1, 0.15) is 13.2 Å². The molecule has 0 aromatic carbocycles. The van der Waals surface area contributed by atoms with Gasteiger partial charge in [-0.15, -0.1) is 0 Å². The van der Waals surface area contributed by atoms with E-state index in [1.807, 2.05) is 0 Å². The molecule has 0 aromatic heterocycles. The van der Waals surface area contributed by atoms with Crippen molar-refractivity contribution in [1.82, 2.24) is 0 Å². The molecule has 0 rings (SSSR count). The molecule has 0 amide bonds. The fraction of sp³-hybridized carbons (Fsp3) is 0.603. The molecule has 0 aliphatic heterocycles. The fourth-order valence-corrected chi connectivity index (χ4v) is 8.25. The Bertz CT molecular complexity index is 1780. The van der Waals surface area contributed by atoms with Gasteiger partial charge in [0, 0.05) is 19.3 Å². The molecule has 6 nitrogen and oxygen atoms in total. The van der Waals surface area contributed by atoms with Crippen molar-refractivity contribution in [3.05, 3.63) is 158 Å². The van der Waals surface area contributed by atoms with Gasteiger partial charge in [0.15, 0.2) is 6.10 Å². The molecule has 0 aliphatic rings. The second-order valence-electron chi connectivity index (χ2n) is 20.5. The number of unbranched alkanes of at least 4 members (excludes halogenated alkanes) is 19. The average Bonchev–Trinajstić information content (AvgIpc) is 3.45. The molecule has 0 saturated heterocycles. The summed E-state index contributed by atoms with van der Waals surface area (Å²) in [5, 5.41) is 0. The van der Waals surface area contributed by atoms with Gasteiger partial charge in [0.25, 0.3) is 0 Å². The zero-order chi connectivity index (χ0) is 57.1. The van der Waals surface area contributed by atoms with Gasteiger partial charge in [0.05, 0.1) is 0 Å². The Balaban J connectivity index is 4.37. The van der Waals surface area contributed by atoms with Crippen LogP contribution in [-0.4, -0.2) is 37.2 Å². The highest BCUT2D eigenvalue weighted by molar-refractivity contribution is 5.71. The molecule has 0 N–H and O–H groups in total. The van der Waals surface area contributed by atoms with Gasteiger partial charge in [0.2, 0.25) is 0 Å². The molecule has 0 bridgehead atoms. The molecule has 0 saturated carbocycles. The van der Waals surface area contributed by atoms with Crippen LogP contribution in [-0.2, 0) is 28.6 Å². The van der Waals surface area contributed by atoms with Crippen LogP contribution in [0.5, 0.6) is 0 Å². The predicted octanol–water partition coefficient (Wildman–Crippen LogP) is 22.1. The minimum atomic E-state index is -0.805. The molecular weight excluding hydrogens is 973 g/mol. The molecule has 444 valence electrons. The van der Waals surface area contributed by atoms with Crippen LogP contribution in [0, 0.1) is 0 Å². The summed E-state index contributed by atoms with van der Waals surface area (Å²) < 4.78 is 16.9. The van der Waals surface area contributed by atoms with Crippen molar-refractivity contribution in [2.24, 2.45) is 0 Å². The third-order valence-corrected chi connectivity index (χ3v) is 13.0. The molecule has 0 fully saturated rings. The van der Waals surface area contributed by atoms with E-state index in [1.165, 1.54) is 51.4 Å². The number of hydrogen-bond acceptors (Lipinski definition) is 6. The molecule has 0 radical (unpaired) electrons. The van der Waals surface area contributed by atoms with Crippen molar-refractivity contribution < 1.29 is 28.6 Å². The third-order valence-electron chi connectivity index (χ3n) is 13.0. The number of esters is 3. The third kappa shape index (κ3) is 63.7. The maximum absolute atomic E-state index is 12.9. The van der Waals surface area contributed by atoms with Crippen molar-refractivity contribution in [1.29, 1.82) is 0 Å². The smallest absolute Gasteiger partial charge is 0.306 e. The Morgan fingerprint density at radius 3 is 0.785 bits per heavy atom. The molecule has 0 aliphatic carbocycles. The molecule has 79 heavy (non-hydrogen) atoms. The largest absolute Gasteiger partial charge is 0.462 e. The second-order valence-corrected chi connectivity index (χ2v) is 20.5. The van der Waals surface area contributed by atoms with E-state index in [0.717, 1.165) is 173 Å². The van der Waals surface area contributed by atoms with E-state index in [9.17, 15) is 14.4 Å². The summed E-state index contributed by atoms with van der Waals surface area (Å²) >= 11 is 0. The minimum Gasteiger partial charge on any atom is -0.462 e. The zero-order valence-electron chi connectivity index (χ0n) is 50.8. The van der Waals surface area contributed by atoms with E-state index in [-0.39, 0.29) is 31.1 Å². The Morgan fingerprint density at radius 2 is 0.494 bits per heavy atom. The van der Waals surface area contributed by atoms with Crippen molar-refractivity contribution in [3.8, 4) is 0 Å². The van der Waals surface area contributed by atoms with Crippen LogP contribution in [0.1, 0.15) is 265 Å². The first-order valence-corrected chi connectivity index (χ1v) is 32.0. The first-order valence-electron chi connectivity index (χ1n) is 32.0. The topological polar surface area (TPSA) is 78.9 Å². The van der Waals surface area contributed by atoms with E-state index in [1.54, 1.807) is 0 Å². The van der Waals surface area contributed by atoms with Gasteiger partial charge in [-0.1, -0.05) is 262 Å². The highest BCUT2D eigenvalue weighted by Gasteiger charge is 2.19. The summed E-state index contributed by atoms with van der Waals surface area (Å²) in [4.78, 5) is 38.3. The lowest BCUT2D eigenvalue weighted by Gasteiger charge is -2.18. The number of rotatable bonds is 56. The van der Waals surface area contributed by atoms with Crippen LogP contribution in [0.25, 0.3) is 0 Å². The fourth-order valence-electron chi connectivity index (χ4n) is 8.25. The highest BCUT2D eigenvalue weighted by Crippen LogP contribution is 2.14. The number of ether oxygens (including phenoxy) is 3. The van der Waals surface area contributed by atoms with Crippen molar-refractivity contribution in [2.75, 3.05) is 13.2 Å². The summed E-state index contributed by atoms with van der Waals surface area (Å²) in [5.41, 5.74) is 0. The monoisotopic (exact) mass is 1090 g/mol. The summed E-state index contributed by atoms with van der Waals surface area (Å²) in [6, 6.07) is 0. The summed E-state index contributed by atoms with van der Waals surface area (Å²) in [6.45, 7) is 6.34. The lowest BCUT2D eigenvalue weighted by atomic mass is 10.1. The maximum atomic E-state index is 12.9. The van der Waals surface area contributed by atoms with E-state index in [4.69, 9.17) is 14.2 Å². The van der Waals surface area contributed by atoms with Crippen LogP contribution >= 0.6 is 0 Å².